The third-order valence-corrected chi connectivity index (χ3v) is 5.29. The molecule has 2 heterocycles. The highest BCUT2D eigenvalue weighted by Crippen LogP contribution is 2.46. The quantitative estimate of drug-likeness (QED) is 0.766. The molecule has 2 atom stereocenters. The minimum Gasteiger partial charge on any atom is -0.329 e. The van der Waals surface area contributed by atoms with E-state index in [0.717, 1.165) is 23.3 Å². The highest BCUT2D eigenvalue weighted by atomic mass is 32.2. The lowest BCUT2D eigenvalue weighted by Gasteiger charge is -2.06. The van der Waals surface area contributed by atoms with Crippen molar-refractivity contribution in [2.45, 2.75) is 25.0 Å². The first-order chi connectivity index (χ1) is 11.8. The number of sulfone groups is 1. The average molecular weight is 358 g/mol. The molecule has 0 spiro atoms. The van der Waals surface area contributed by atoms with Crippen LogP contribution in [0.2, 0.25) is 0 Å². The molecule has 2 unspecified atom stereocenters. The first kappa shape index (κ1) is 16.0. The molecule has 4 rings (SSSR count). The number of aromatic amines is 1. The number of aromatic nitrogens is 4. The molecule has 1 fully saturated rings. The summed E-state index contributed by atoms with van der Waals surface area (Å²) in [5.41, 5.74) is 0.635. The van der Waals surface area contributed by atoms with Crippen LogP contribution >= 0.6 is 0 Å². The zero-order chi connectivity index (χ0) is 17.8. The molecule has 0 aliphatic heterocycles. The Labute approximate surface area is 144 Å². The Balaban J connectivity index is 1.85. The summed E-state index contributed by atoms with van der Waals surface area (Å²) in [5, 5.41) is 5.83. The van der Waals surface area contributed by atoms with Gasteiger partial charge in [-0.15, -0.1) is 5.10 Å². The maximum absolute atomic E-state index is 11.9. The van der Waals surface area contributed by atoms with Crippen molar-refractivity contribution in [2.75, 3.05) is 6.26 Å². The second kappa shape index (κ2) is 5.52. The molecule has 0 bridgehead atoms. The standard InChI is InChI=1S/C17H18N4O3S/c1-10-7-14(10)16-19-15(9-25(2,23)24)20-21(16)12-3-4-13-11(8-12)5-6-18-17(13)22/h3-6,8,10,14H,7,9H2,1-2H3,(H,18,22). The Morgan fingerprint density at radius 3 is 2.76 bits per heavy atom. The second-order valence-corrected chi connectivity index (χ2v) is 8.91. The molecule has 1 aliphatic carbocycles. The van der Waals surface area contributed by atoms with Gasteiger partial charge < -0.3 is 4.98 Å². The monoisotopic (exact) mass is 358 g/mol. The number of rotatable bonds is 4. The van der Waals surface area contributed by atoms with Crippen LogP contribution in [-0.4, -0.2) is 34.4 Å². The highest BCUT2D eigenvalue weighted by molar-refractivity contribution is 7.89. The van der Waals surface area contributed by atoms with Crippen LogP contribution in [0.4, 0.5) is 0 Å². The maximum atomic E-state index is 11.9. The fourth-order valence-electron chi connectivity index (χ4n) is 3.09. The summed E-state index contributed by atoms with van der Waals surface area (Å²) in [6, 6.07) is 7.27. The van der Waals surface area contributed by atoms with Gasteiger partial charge >= 0.3 is 0 Å². The van der Waals surface area contributed by atoms with E-state index < -0.39 is 9.84 Å². The van der Waals surface area contributed by atoms with Gasteiger partial charge in [-0.05, 0) is 42.0 Å². The third-order valence-electron chi connectivity index (χ3n) is 4.51. The van der Waals surface area contributed by atoms with Gasteiger partial charge in [-0.2, -0.15) is 0 Å². The number of nitrogens with one attached hydrogen (secondary N) is 1. The fraction of sp³-hybridized carbons (Fsp3) is 0.353. The van der Waals surface area contributed by atoms with Crippen LogP contribution in [0.15, 0.2) is 35.3 Å². The summed E-state index contributed by atoms with van der Waals surface area (Å²) in [5.74, 6) is 1.72. The lowest BCUT2D eigenvalue weighted by Crippen LogP contribution is -2.07. The van der Waals surface area contributed by atoms with Crippen molar-refractivity contribution in [1.29, 1.82) is 0 Å². The van der Waals surface area contributed by atoms with E-state index in [4.69, 9.17) is 0 Å². The van der Waals surface area contributed by atoms with Crippen LogP contribution in [0, 0.1) is 5.92 Å². The fourth-order valence-corrected chi connectivity index (χ4v) is 3.68. The van der Waals surface area contributed by atoms with Crippen molar-refractivity contribution in [2.24, 2.45) is 5.92 Å². The van der Waals surface area contributed by atoms with Crippen molar-refractivity contribution in [3.63, 3.8) is 0 Å². The van der Waals surface area contributed by atoms with Crippen LogP contribution in [0.25, 0.3) is 16.5 Å². The average Bonchev–Trinajstić information content (AvgIpc) is 3.11. The SMILES string of the molecule is CC1CC1c1nc(CS(C)(=O)=O)nn1-c1ccc2c(=O)[nH]ccc2c1. The van der Waals surface area contributed by atoms with E-state index in [1.165, 1.54) is 6.26 Å². The zero-order valence-corrected chi connectivity index (χ0v) is 14.7. The van der Waals surface area contributed by atoms with E-state index in [1.54, 1.807) is 16.9 Å². The summed E-state index contributed by atoms with van der Waals surface area (Å²) < 4.78 is 24.9. The van der Waals surface area contributed by atoms with Crippen LogP contribution in [0.5, 0.6) is 0 Å². The molecule has 3 aromatic rings. The molecule has 8 heteroatoms. The van der Waals surface area contributed by atoms with Crippen LogP contribution < -0.4 is 5.56 Å². The summed E-state index contributed by atoms with van der Waals surface area (Å²) in [7, 11) is -3.21. The molecule has 25 heavy (non-hydrogen) atoms. The smallest absolute Gasteiger partial charge is 0.255 e. The molecule has 1 aliphatic rings. The third kappa shape index (κ3) is 3.09. The van der Waals surface area contributed by atoms with E-state index in [0.29, 0.717) is 17.1 Å². The lowest BCUT2D eigenvalue weighted by molar-refractivity contribution is 0.599. The maximum Gasteiger partial charge on any atom is 0.255 e. The number of nitrogens with zero attached hydrogens (tertiary/aromatic N) is 3. The van der Waals surface area contributed by atoms with Crippen molar-refractivity contribution < 1.29 is 8.42 Å². The number of fused-ring (bicyclic) bond motifs is 1. The Morgan fingerprint density at radius 1 is 1.32 bits per heavy atom. The van der Waals surface area contributed by atoms with Gasteiger partial charge in [0.1, 0.15) is 11.6 Å². The first-order valence-electron chi connectivity index (χ1n) is 8.07. The van der Waals surface area contributed by atoms with E-state index in [-0.39, 0.29) is 17.2 Å². The van der Waals surface area contributed by atoms with Crippen molar-refractivity contribution in [3.05, 3.63) is 52.5 Å². The van der Waals surface area contributed by atoms with Gasteiger partial charge in [-0.25, -0.2) is 18.1 Å². The molecule has 1 saturated carbocycles. The van der Waals surface area contributed by atoms with E-state index in [9.17, 15) is 13.2 Å². The molecular formula is C17H18N4O3S. The molecule has 0 saturated heterocycles. The van der Waals surface area contributed by atoms with Gasteiger partial charge in [0.2, 0.25) is 0 Å². The van der Waals surface area contributed by atoms with Crippen LogP contribution in [0.3, 0.4) is 0 Å². The Morgan fingerprint density at radius 2 is 2.08 bits per heavy atom. The summed E-state index contributed by atoms with van der Waals surface area (Å²) in [4.78, 5) is 19.0. The summed E-state index contributed by atoms with van der Waals surface area (Å²) in [6.07, 6.45) is 3.80. The van der Waals surface area contributed by atoms with Gasteiger partial charge in [0.15, 0.2) is 15.7 Å². The van der Waals surface area contributed by atoms with Crippen molar-refractivity contribution in [1.82, 2.24) is 19.7 Å². The molecule has 2 aromatic heterocycles. The first-order valence-corrected chi connectivity index (χ1v) is 10.1. The van der Waals surface area contributed by atoms with Gasteiger partial charge in [-0.3, -0.25) is 4.79 Å². The second-order valence-electron chi connectivity index (χ2n) is 6.77. The van der Waals surface area contributed by atoms with Crippen molar-refractivity contribution >= 4 is 20.6 Å². The van der Waals surface area contributed by atoms with E-state index >= 15 is 0 Å². The Hall–Kier alpha value is -2.48. The number of hydrogen-bond donors (Lipinski definition) is 1. The van der Waals surface area contributed by atoms with Crippen LogP contribution in [0.1, 0.15) is 30.9 Å². The lowest BCUT2D eigenvalue weighted by atomic mass is 10.1. The molecule has 0 radical (unpaired) electrons. The zero-order valence-electron chi connectivity index (χ0n) is 13.9. The topological polar surface area (TPSA) is 97.7 Å². The number of benzene rings is 1. The minimum atomic E-state index is -3.21. The largest absolute Gasteiger partial charge is 0.329 e. The van der Waals surface area contributed by atoms with Gasteiger partial charge in [0, 0.05) is 23.8 Å². The molecule has 1 N–H and O–H groups in total. The Kier molecular flexibility index (Phi) is 3.54. The van der Waals surface area contributed by atoms with Crippen LogP contribution in [-0.2, 0) is 15.6 Å². The molecule has 1 aromatic carbocycles. The Bertz CT molecular complexity index is 1130. The highest BCUT2D eigenvalue weighted by Gasteiger charge is 2.39. The number of H-pyrrole nitrogens is 1. The summed E-state index contributed by atoms with van der Waals surface area (Å²) >= 11 is 0. The van der Waals surface area contributed by atoms with E-state index in [1.807, 2.05) is 18.2 Å². The number of pyridine rings is 1. The molecule has 0 amide bonds. The molecular weight excluding hydrogens is 340 g/mol. The number of hydrogen-bond acceptors (Lipinski definition) is 5. The van der Waals surface area contributed by atoms with Gasteiger partial charge in [0.05, 0.1) is 5.69 Å². The van der Waals surface area contributed by atoms with E-state index in [2.05, 4.69) is 22.0 Å². The summed E-state index contributed by atoms with van der Waals surface area (Å²) in [6.45, 7) is 2.14. The van der Waals surface area contributed by atoms with Gasteiger partial charge in [-0.1, -0.05) is 6.92 Å². The normalized spacial score (nSPS) is 20.1. The predicted molar refractivity (Wildman–Crippen MR) is 94.6 cm³/mol. The van der Waals surface area contributed by atoms with Gasteiger partial charge in [0.25, 0.3) is 5.56 Å². The molecule has 7 nitrogen and oxygen atoms in total. The molecule has 130 valence electrons. The predicted octanol–water partition coefficient (Wildman–Crippen LogP) is 1.78. The minimum absolute atomic E-state index is 0.142. The van der Waals surface area contributed by atoms with Crippen molar-refractivity contribution in [3.8, 4) is 5.69 Å².